The Morgan fingerprint density at radius 1 is 0.968 bits per heavy atom. The van der Waals surface area contributed by atoms with Crippen molar-refractivity contribution in [2.45, 2.75) is 58.8 Å². The van der Waals surface area contributed by atoms with Gasteiger partial charge in [0, 0.05) is 18.6 Å². The molecule has 0 fully saturated rings. The summed E-state index contributed by atoms with van der Waals surface area (Å²) in [7, 11) is 0. The first-order chi connectivity index (χ1) is 14.9. The van der Waals surface area contributed by atoms with E-state index in [0.29, 0.717) is 24.6 Å². The summed E-state index contributed by atoms with van der Waals surface area (Å²) in [5, 5.41) is 3.01. The van der Waals surface area contributed by atoms with Crippen molar-refractivity contribution in [1.29, 1.82) is 0 Å². The zero-order valence-corrected chi connectivity index (χ0v) is 18.5. The van der Waals surface area contributed by atoms with Crippen molar-refractivity contribution >= 4 is 5.91 Å². The molecular formula is C26H31FN2O2. The molecule has 0 radical (unpaired) electrons. The molecule has 1 amide bonds. The number of amides is 1. The van der Waals surface area contributed by atoms with Gasteiger partial charge in [0.1, 0.15) is 11.6 Å². The number of nitrogens with one attached hydrogen (secondary N) is 1. The SMILES string of the molecule is CC(CCc1ccccc1)NC(=O)c1ccc(CN(Cc2cccc(F)c2)C(C)C)o1. The minimum atomic E-state index is -0.237. The average Bonchev–Trinajstić information content (AvgIpc) is 3.21. The van der Waals surface area contributed by atoms with Crippen molar-refractivity contribution in [3.8, 4) is 0 Å². The lowest BCUT2D eigenvalue weighted by atomic mass is 10.1. The van der Waals surface area contributed by atoms with Crippen LogP contribution in [0, 0.1) is 5.82 Å². The number of carbonyl (C=O) groups is 1. The van der Waals surface area contributed by atoms with E-state index in [1.807, 2.05) is 37.3 Å². The van der Waals surface area contributed by atoms with Crippen LogP contribution in [0.4, 0.5) is 4.39 Å². The van der Waals surface area contributed by atoms with Crippen molar-refractivity contribution in [1.82, 2.24) is 10.2 Å². The summed E-state index contributed by atoms with van der Waals surface area (Å²) in [5.41, 5.74) is 2.17. The summed E-state index contributed by atoms with van der Waals surface area (Å²) >= 11 is 0. The largest absolute Gasteiger partial charge is 0.455 e. The van der Waals surface area contributed by atoms with Crippen LogP contribution in [0.25, 0.3) is 0 Å². The van der Waals surface area contributed by atoms with E-state index in [9.17, 15) is 9.18 Å². The molecule has 0 saturated carbocycles. The van der Waals surface area contributed by atoms with E-state index in [0.717, 1.165) is 18.4 Å². The van der Waals surface area contributed by atoms with Gasteiger partial charge in [0.2, 0.25) is 0 Å². The lowest BCUT2D eigenvalue weighted by molar-refractivity contribution is 0.0905. The average molecular weight is 423 g/mol. The predicted molar refractivity (Wildman–Crippen MR) is 121 cm³/mol. The number of rotatable bonds is 10. The van der Waals surface area contributed by atoms with Crippen LogP contribution in [0.5, 0.6) is 0 Å². The first-order valence-electron chi connectivity index (χ1n) is 10.8. The Morgan fingerprint density at radius 2 is 1.71 bits per heavy atom. The maximum Gasteiger partial charge on any atom is 0.287 e. The molecule has 0 aliphatic rings. The predicted octanol–water partition coefficient (Wildman–Crippen LogP) is 5.58. The van der Waals surface area contributed by atoms with Gasteiger partial charge in [-0.1, -0.05) is 42.5 Å². The molecule has 2 aromatic carbocycles. The number of carbonyl (C=O) groups excluding carboxylic acids is 1. The number of furan rings is 1. The Labute approximate surface area is 184 Å². The summed E-state index contributed by atoms with van der Waals surface area (Å²) in [5.74, 6) is 0.593. The van der Waals surface area contributed by atoms with Crippen LogP contribution in [-0.2, 0) is 19.5 Å². The molecule has 3 rings (SSSR count). The van der Waals surface area contributed by atoms with Crippen molar-refractivity contribution < 1.29 is 13.6 Å². The van der Waals surface area contributed by atoms with E-state index in [4.69, 9.17) is 4.42 Å². The Morgan fingerprint density at radius 3 is 2.42 bits per heavy atom. The second kappa shape index (κ2) is 10.9. The summed E-state index contributed by atoms with van der Waals surface area (Å²) in [6.07, 6.45) is 1.77. The van der Waals surface area contributed by atoms with Crippen LogP contribution in [0.3, 0.4) is 0 Å². The first-order valence-corrected chi connectivity index (χ1v) is 10.8. The minimum Gasteiger partial charge on any atom is -0.455 e. The monoisotopic (exact) mass is 422 g/mol. The minimum absolute atomic E-state index is 0.0430. The maximum atomic E-state index is 13.5. The standard InChI is InChI=1S/C26H31FN2O2/c1-19(2)29(17-22-10-7-11-23(27)16-22)18-24-14-15-25(31-24)26(30)28-20(3)12-13-21-8-5-4-6-9-21/h4-11,14-16,19-20H,12-13,17-18H2,1-3H3,(H,28,30). The van der Waals surface area contributed by atoms with Crippen molar-refractivity contribution in [3.05, 3.63) is 95.2 Å². The Hall–Kier alpha value is -2.92. The highest BCUT2D eigenvalue weighted by atomic mass is 19.1. The Kier molecular flexibility index (Phi) is 8.01. The topological polar surface area (TPSA) is 45.5 Å². The fourth-order valence-corrected chi connectivity index (χ4v) is 3.47. The molecule has 0 aliphatic carbocycles. The van der Waals surface area contributed by atoms with Gasteiger partial charge in [0.15, 0.2) is 5.76 Å². The molecule has 0 saturated heterocycles. The zero-order chi connectivity index (χ0) is 22.2. The summed E-state index contributed by atoms with van der Waals surface area (Å²) in [6.45, 7) is 7.33. The number of halogens is 1. The fraction of sp³-hybridized carbons (Fsp3) is 0.346. The van der Waals surface area contributed by atoms with Crippen LogP contribution in [-0.4, -0.2) is 22.9 Å². The van der Waals surface area contributed by atoms with Gasteiger partial charge in [0.05, 0.1) is 6.54 Å². The molecule has 1 heterocycles. The van der Waals surface area contributed by atoms with Crippen LogP contribution in [0.1, 0.15) is 54.6 Å². The van der Waals surface area contributed by atoms with E-state index in [2.05, 4.69) is 36.2 Å². The highest BCUT2D eigenvalue weighted by Crippen LogP contribution is 2.17. The van der Waals surface area contributed by atoms with Gasteiger partial charge in [-0.25, -0.2) is 4.39 Å². The molecule has 4 nitrogen and oxygen atoms in total. The van der Waals surface area contributed by atoms with Gasteiger partial charge in [-0.05, 0) is 69.0 Å². The number of hydrogen-bond acceptors (Lipinski definition) is 3. The van der Waals surface area contributed by atoms with Crippen LogP contribution < -0.4 is 5.32 Å². The molecule has 0 bridgehead atoms. The maximum absolute atomic E-state index is 13.5. The highest BCUT2D eigenvalue weighted by molar-refractivity contribution is 5.91. The normalized spacial score (nSPS) is 12.3. The molecule has 1 aromatic heterocycles. The molecule has 3 aromatic rings. The lowest BCUT2D eigenvalue weighted by Crippen LogP contribution is -2.32. The fourth-order valence-electron chi connectivity index (χ4n) is 3.47. The van der Waals surface area contributed by atoms with Crippen LogP contribution >= 0.6 is 0 Å². The smallest absolute Gasteiger partial charge is 0.287 e. The number of hydrogen-bond donors (Lipinski definition) is 1. The molecule has 0 spiro atoms. The van der Waals surface area contributed by atoms with Gasteiger partial charge in [-0.3, -0.25) is 9.69 Å². The van der Waals surface area contributed by atoms with E-state index >= 15 is 0 Å². The molecular weight excluding hydrogens is 391 g/mol. The second-order valence-electron chi connectivity index (χ2n) is 8.29. The number of aryl methyl sites for hydroxylation is 1. The lowest BCUT2D eigenvalue weighted by Gasteiger charge is -2.25. The summed E-state index contributed by atoms with van der Waals surface area (Å²) < 4.78 is 19.3. The summed E-state index contributed by atoms with van der Waals surface area (Å²) in [4.78, 5) is 14.7. The Balaban J connectivity index is 1.54. The van der Waals surface area contributed by atoms with E-state index in [1.165, 1.54) is 11.6 Å². The van der Waals surface area contributed by atoms with Gasteiger partial charge in [-0.2, -0.15) is 0 Å². The molecule has 1 unspecified atom stereocenters. The zero-order valence-electron chi connectivity index (χ0n) is 18.5. The van der Waals surface area contributed by atoms with Gasteiger partial charge >= 0.3 is 0 Å². The third-order valence-corrected chi connectivity index (χ3v) is 5.34. The van der Waals surface area contributed by atoms with Crippen LogP contribution in [0.2, 0.25) is 0 Å². The van der Waals surface area contributed by atoms with Crippen LogP contribution in [0.15, 0.2) is 71.1 Å². The van der Waals surface area contributed by atoms with Gasteiger partial charge in [-0.15, -0.1) is 0 Å². The van der Waals surface area contributed by atoms with Crippen molar-refractivity contribution in [2.24, 2.45) is 0 Å². The third kappa shape index (κ3) is 7.07. The molecule has 164 valence electrons. The van der Waals surface area contributed by atoms with E-state index in [-0.39, 0.29) is 23.8 Å². The van der Waals surface area contributed by atoms with Gasteiger partial charge < -0.3 is 9.73 Å². The second-order valence-corrected chi connectivity index (χ2v) is 8.29. The number of benzene rings is 2. The molecule has 5 heteroatoms. The summed E-state index contributed by atoms with van der Waals surface area (Å²) in [6, 6.07) is 20.7. The highest BCUT2D eigenvalue weighted by Gasteiger charge is 2.17. The molecule has 1 atom stereocenters. The molecule has 31 heavy (non-hydrogen) atoms. The Bertz CT molecular complexity index is 968. The molecule has 1 N–H and O–H groups in total. The van der Waals surface area contributed by atoms with E-state index in [1.54, 1.807) is 18.2 Å². The first kappa shape index (κ1) is 22.8. The van der Waals surface area contributed by atoms with Gasteiger partial charge in [0.25, 0.3) is 5.91 Å². The van der Waals surface area contributed by atoms with E-state index < -0.39 is 0 Å². The van der Waals surface area contributed by atoms with Crippen molar-refractivity contribution in [3.63, 3.8) is 0 Å². The number of nitrogens with zero attached hydrogens (tertiary/aromatic N) is 1. The van der Waals surface area contributed by atoms with Crippen molar-refractivity contribution in [2.75, 3.05) is 0 Å². The third-order valence-electron chi connectivity index (χ3n) is 5.34. The molecule has 0 aliphatic heterocycles. The quantitative estimate of drug-likeness (QED) is 0.464.